The lowest BCUT2D eigenvalue weighted by Crippen LogP contribution is -1.98. The fraction of sp³-hybridized carbons (Fsp3) is 0.333. The molecule has 2 nitrogen and oxygen atoms in total. The van der Waals surface area contributed by atoms with E-state index in [2.05, 4.69) is 58.8 Å². The van der Waals surface area contributed by atoms with Crippen molar-refractivity contribution in [1.29, 1.82) is 0 Å². The third-order valence-electron chi connectivity index (χ3n) is 2.22. The predicted molar refractivity (Wildman–Crippen MR) is 71.9 cm³/mol. The van der Waals surface area contributed by atoms with Crippen LogP contribution in [-0.2, 0) is 0 Å². The number of aryl methyl sites for hydroxylation is 1. The van der Waals surface area contributed by atoms with Gasteiger partial charge in [0.15, 0.2) is 0 Å². The molecule has 0 atom stereocenters. The Bertz CT molecular complexity index is 505. The monoisotopic (exact) mass is 296 g/mol. The highest BCUT2D eigenvalue weighted by Gasteiger charge is 2.09. The van der Waals surface area contributed by atoms with Gasteiger partial charge in [0.25, 0.3) is 0 Å². The van der Waals surface area contributed by atoms with Crippen LogP contribution in [0.3, 0.4) is 0 Å². The standard InChI is InChI=1S/C12H13BrN2S/c1-7(2)12-14-9(6-11(13)15-12)10-5-4-8(3)16-10/h4-7H,1-3H3. The van der Waals surface area contributed by atoms with Crippen LogP contribution in [0.25, 0.3) is 10.6 Å². The molecule has 0 amide bonds. The SMILES string of the molecule is Cc1ccc(-c2cc(Br)nc(C(C)C)n2)s1. The molecule has 84 valence electrons. The van der Waals surface area contributed by atoms with E-state index < -0.39 is 0 Å². The van der Waals surface area contributed by atoms with Crippen molar-refractivity contribution < 1.29 is 0 Å². The minimum absolute atomic E-state index is 0.345. The van der Waals surface area contributed by atoms with Crippen LogP contribution in [0.1, 0.15) is 30.5 Å². The summed E-state index contributed by atoms with van der Waals surface area (Å²) >= 11 is 5.20. The van der Waals surface area contributed by atoms with Crippen LogP contribution in [0.2, 0.25) is 0 Å². The second kappa shape index (κ2) is 4.63. The van der Waals surface area contributed by atoms with E-state index in [0.29, 0.717) is 5.92 Å². The van der Waals surface area contributed by atoms with E-state index in [-0.39, 0.29) is 0 Å². The Morgan fingerprint density at radius 1 is 1.25 bits per heavy atom. The van der Waals surface area contributed by atoms with E-state index in [0.717, 1.165) is 16.1 Å². The summed E-state index contributed by atoms with van der Waals surface area (Å²) in [4.78, 5) is 11.5. The van der Waals surface area contributed by atoms with Crippen molar-refractivity contribution >= 4 is 27.3 Å². The maximum atomic E-state index is 4.59. The van der Waals surface area contributed by atoms with E-state index in [9.17, 15) is 0 Å². The highest BCUT2D eigenvalue weighted by Crippen LogP contribution is 2.28. The van der Waals surface area contributed by atoms with Crippen LogP contribution in [0, 0.1) is 6.92 Å². The maximum absolute atomic E-state index is 4.59. The Morgan fingerprint density at radius 3 is 2.56 bits per heavy atom. The van der Waals surface area contributed by atoms with Crippen molar-refractivity contribution in [3.05, 3.63) is 33.5 Å². The molecule has 0 aliphatic rings. The Labute approximate surface area is 108 Å². The molecule has 2 aromatic heterocycles. The number of aromatic nitrogens is 2. The zero-order valence-electron chi connectivity index (χ0n) is 9.49. The zero-order chi connectivity index (χ0) is 11.7. The second-order valence-electron chi connectivity index (χ2n) is 4.00. The van der Waals surface area contributed by atoms with E-state index >= 15 is 0 Å². The van der Waals surface area contributed by atoms with Crippen molar-refractivity contribution in [3.8, 4) is 10.6 Å². The van der Waals surface area contributed by atoms with Crippen LogP contribution in [-0.4, -0.2) is 9.97 Å². The van der Waals surface area contributed by atoms with Gasteiger partial charge in [-0.2, -0.15) is 0 Å². The van der Waals surface area contributed by atoms with Crippen LogP contribution >= 0.6 is 27.3 Å². The van der Waals surface area contributed by atoms with Gasteiger partial charge in [0.1, 0.15) is 10.4 Å². The topological polar surface area (TPSA) is 25.8 Å². The molecule has 0 unspecified atom stereocenters. The van der Waals surface area contributed by atoms with Crippen molar-refractivity contribution in [2.24, 2.45) is 0 Å². The van der Waals surface area contributed by atoms with Crippen molar-refractivity contribution in [1.82, 2.24) is 9.97 Å². The van der Waals surface area contributed by atoms with Gasteiger partial charge in [0.2, 0.25) is 0 Å². The molecule has 16 heavy (non-hydrogen) atoms. The molecule has 2 rings (SSSR count). The Morgan fingerprint density at radius 2 is 2.00 bits per heavy atom. The molecule has 0 saturated carbocycles. The molecule has 2 aromatic rings. The van der Waals surface area contributed by atoms with Gasteiger partial charge in [-0.05, 0) is 41.1 Å². The van der Waals surface area contributed by atoms with Crippen molar-refractivity contribution in [2.45, 2.75) is 26.7 Å². The maximum Gasteiger partial charge on any atom is 0.132 e. The molecular weight excluding hydrogens is 284 g/mol. The van der Waals surface area contributed by atoms with Gasteiger partial charge in [-0.15, -0.1) is 11.3 Å². The molecule has 0 saturated heterocycles. The molecule has 0 N–H and O–H groups in total. The quantitative estimate of drug-likeness (QED) is 0.768. The molecule has 0 aromatic carbocycles. The minimum atomic E-state index is 0.345. The molecule has 0 radical (unpaired) electrons. The van der Waals surface area contributed by atoms with E-state index in [1.807, 2.05) is 6.07 Å². The smallest absolute Gasteiger partial charge is 0.132 e. The first-order valence-corrected chi connectivity index (χ1v) is 6.78. The summed E-state index contributed by atoms with van der Waals surface area (Å²) in [5.41, 5.74) is 1.00. The van der Waals surface area contributed by atoms with Gasteiger partial charge in [0.05, 0.1) is 10.6 Å². The number of halogens is 1. The molecule has 0 bridgehead atoms. The van der Waals surface area contributed by atoms with Gasteiger partial charge >= 0.3 is 0 Å². The van der Waals surface area contributed by atoms with Gasteiger partial charge in [-0.25, -0.2) is 9.97 Å². The van der Waals surface area contributed by atoms with Crippen LogP contribution < -0.4 is 0 Å². The molecule has 0 fully saturated rings. The Hall–Kier alpha value is -0.740. The summed E-state index contributed by atoms with van der Waals surface area (Å²) in [6.45, 7) is 6.31. The van der Waals surface area contributed by atoms with Crippen LogP contribution in [0.4, 0.5) is 0 Å². The van der Waals surface area contributed by atoms with Gasteiger partial charge < -0.3 is 0 Å². The highest BCUT2D eigenvalue weighted by atomic mass is 79.9. The van der Waals surface area contributed by atoms with E-state index in [1.165, 1.54) is 9.75 Å². The number of hydrogen-bond acceptors (Lipinski definition) is 3. The van der Waals surface area contributed by atoms with Crippen LogP contribution in [0.15, 0.2) is 22.8 Å². The lowest BCUT2D eigenvalue weighted by atomic mass is 10.2. The average Bonchev–Trinajstić information content (AvgIpc) is 2.64. The lowest BCUT2D eigenvalue weighted by Gasteiger charge is -2.06. The number of thiophene rings is 1. The fourth-order valence-corrected chi connectivity index (χ4v) is 2.62. The summed E-state index contributed by atoms with van der Waals surface area (Å²) < 4.78 is 0.854. The lowest BCUT2D eigenvalue weighted by molar-refractivity contribution is 0.771. The van der Waals surface area contributed by atoms with E-state index in [1.54, 1.807) is 11.3 Å². The van der Waals surface area contributed by atoms with Gasteiger partial charge in [0, 0.05) is 10.8 Å². The molecule has 4 heteroatoms. The first-order chi connectivity index (χ1) is 7.56. The average molecular weight is 297 g/mol. The first-order valence-electron chi connectivity index (χ1n) is 5.17. The summed E-state index contributed by atoms with van der Waals surface area (Å²) in [5.74, 6) is 1.23. The number of nitrogens with zero attached hydrogens (tertiary/aromatic N) is 2. The third-order valence-corrected chi connectivity index (χ3v) is 3.65. The molecular formula is C12H13BrN2S. The summed E-state index contributed by atoms with van der Waals surface area (Å²) in [5, 5.41) is 0. The molecule has 0 spiro atoms. The Balaban J connectivity index is 2.49. The highest BCUT2D eigenvalue weighted by molar-refractivity contribution is 9.10. The van der Waals surface area contributed by atoms with Crippen LogP contribution in [0.5, 0.6) is 0 Å². The minimum Gasteiger partial charge on any atom is -0.232 e. The fourth-order valence-electron chi connectivity index (χ4n) is 1.39. The molecule has 2 heterocycles. The van der Waals surface area contributed by atoms with E-state index in [4.69, 9.17) is 0 Å². The largest absolute Gasteiger partial charge is 0.232 e. The zero-order valence-corrected chi connectivity index (χ0v) is 11.9. The van der Waals surface area contributed by atoms with Crippen molar-refractivity contribution in [2.75, 3.05) is 0 Å². The molecule has 0 aliphatic heterocycles. The normalized spacial score (nSPS) is 11.1. The number of rotatable bonds is 2. The molecule has 0 aliphatic carbocycles. The number of hydrogen-bond donors (Lipinski definition) is 0. The summed E-state index contributed by atoms with van der Waals surface area (Å²) in [6.07, 6.45) is 0. The van der Waals surface area contributed by atoms with Crippen molar-refractivity contribution in [3.63, 3.8) is 0 Å². The first kappa shape index (κ1) is 11.7. The Kier molecular flexibility index (Phi) is 3.40. The third kappa shape index (κ3) is 2.50. The summed E-state index contributed by atoms with van der Waals surface area (Å²) in [6, 6.07) is 6.20. The predicted octanol–water partition coefficient (Wildman–Crippen LogP) is 4.40. The van der Waals surface area contributed by atoms with Gasteiger partial charge in [-0.3, -0.25) is 0 Å². The summed E-state index contributed by atoms with van der Waals surface area (Å²) in [7, 11) is 0. The second-order valence-corrected chi connectivity index (χ2v) is 6.10. The van der Waals surface area contributed by atoms with Gasteiger partial charge in [-0.1, -0.05) is 13.8 Å².